The molecule has 3 nitrogen and oxygen atoms in total. The van der Waals surface area contributed by atoms with Crippen molar-refractivity contribution in [2.45, 2.75) is 45.1 Å². The molecule has 1 N–H and O–H groups in total. The van der Waals surface area contributed by atoms with Gasteiger partial charge in [0.25, 0.3) is 0 Å². The van der Waals surface area contributed by atoms with Gasteiger partial charge in [-0.15, -0.1) is 0 Å². The second-order valence-electron chi connectivity index (χ2n) is 5.69. The summed E-state index contributed by atoms with van der Waals surface area (Å²) in [5, 5.41) is 3.04. The van der Waals surface area contributed by atoms with Gasteiger partial charge in [0.05, 0.1) is 5.69 Å². The maximum absolute atomic E-state index is 13.3. The predicted octanol–water partition coefficient (Wildman–Crippen LogP) is 4.72. The minimum Gasteiger partial charge on any atom is -0.325 e. The van der Waals surface area contributed by atoms with E-state index in [2.05, 4.69) is 14.9 Å². The summed E-state index contributed by atoms with van der Waals surface area (Å²) < 4.78 is 28.7. The first kappa shape index (κ1) is 14.0. The first-order valence-corrected chi connectivity index (χ1v) is 7.40. The highest BCUT2D eigenvalue weighted by molar-refractivity contribution is 5.54. The molecule has 1 aliphatic carbocycles. The van der Waals surface area contributed by atoms with Gasteiger partial charge in [0.1, 0.15) is 11.6 Å². The van der Waals surface area contributed by atoms with E-state index in [1.165, 1.54) is 31.4 Å². The highest BCUT2D eigenvalue weighted by Gasteiger charge is 2.19. The van der Waals surface area contributed by atoms with Crippen LogP contribution >= 0.6 is 0 Å². The van der Waals surface area contributed by atoms with Crippen LogP contribution in [0.25, 0.3) is 0 Å². The number of nitrogens with one attached hydrogen (secondary N) is 1. The van der Waals surface area contributed by atoms with E-state index in [0.29, 0.717) is 17.7 Å². The Bertz CT molecular complexity index is 610. The smallest absolute Gasteiger partial charge is 0.207 e. The van der Waals surface area contributed by atoms with Crippen molar-refractivity contribution in [3.8, 4) is 0 Å². The second-order valence-corrected chi connectivity index (χ2v) is 5.69. The normalized spacial score (nSPS) is 16.1. The largest absolute Gasteiger partial charge is 0.325 e. The van der Waals surface area contributed by atoms with E-state index in [1.807, 2.05) is 13.1 Å². The molecular formula is C16H19F2N3. The lowest BCUT2D eigenvalue weighted by atomic mass is 9.95. The van der Waals surface area contributed by atoms with Crippen LogP contribution in [0, 0.1) is 18.6 Å². The molecule has 0 saturated heterocycles. The van der Waals surface area contributed by atoms with Crippen molar-refractivity contribution in [1.29, 1.82) is 0 Å². The molecule has 0 unspecified atom stereocenters. The molecule has 0 radical (unpaired) electrons. The minimum atomic E-state index is -0.593. The standard InChI is InChI=1S/C16H19F2N3/c1-11-10-21(15-5-3-2-4-6-15)16(19-11)20-14-8-12(17)7-13(18)9-14/h7-10,15H,2-6H2,1H3,(H,19,20). The Morgan fingerprint density at radius 2 is 1.76 bits per heavy atom. The number of hydrogen-bond acceptors (Lipinski definition) is 2. The number of anilines is 2. The molecule has 112 valence electrons. The Hall–Kier alpha value is -1.91. The molecule has 2 aromatic rings. The van der Waals surface area contributed by atoms with Crippen molar-refractivity contribution >= 4 is 11.6 Å². The van der Waals surface area contributed by atoms with Gasteiger partial charge in [-0.25, -0.2) is 13.8 Å². The maximum atomic E-state index is 13.3. The number of aryl methyl sites for hydroxylation is 1. The zero-order chi connectivity index (χ0) is 14.8. The van der Waals surface area contributed by atoms with Crippen LogP contribution in [0.4, 0.5) is 20.4 Å². The highest BCUT2D eigenvalue weighted by atomic mass is 19.1. The van der Waals surface area contributed by atoms with Gasteiger partial charge in [0, 0.05) is 24.0 Å². The molecule has 1 fully saturated rings. The Morgan fingerprint density at radius 3 is 2.43 bits per heavy atom. The lowest BCUT2D eigenvalue weighted by Gasteiger charge is -2.24. The number of halogens is 2. The van der Waals surface area contributed by atoms with E-state index < -0.39 is 11.6 Å². The Morgan fingerprint density at radius 1 is 1.10 bits per heavy atom. The fraction of sp³-hybridized carbons (Fsp3) is 0.438. The van der Waals surface area contributed by atoms with Crippen molar-refractivity contribution in [3.63, 3.8) is 0 Å². The molecule has 0 bridgehead atoms. The van der Waals surface area contributed by atoms with Gasteiger partial charge in [-0.3, -0.25) is 0 Å². The van der Waals surface area contributed by atoms with Crippen LogP contribution in [-0.2, 0) is 0 Å². The van der Waals surface area contributed by atoms with Crippen molar-refractivity contribution < 1.29 is 8.78 Å². The van der Waals surface area contributed by atoms with Crippen molar-refractivity contribution in [3.05, 3.63) is 41.7 Å². The molecule has 5 heteroatoms. The highest BCUT2D eigenvalue weighted by Crippen LogP contribution is 2.31. The van der Waals surface area contributed by atoms with Crippen LogP contribution in [0.1, 0.15) is 43.8 Å². The van der Waals surface area contributed by atoms with Gasteiger partial charge in [-0.05, 0) is 31.9 Å². The zero-order valence-corrected chi connectivity index (χ0v) is 12.1. The average Bonchev–Trinajstić information content (AvgIpc) is 2.79. The van der Waals surface area contributed by atoms with Crippen molar-refractivity contribution in [2.24, 2.45) is 0 Å². The summed E-state index contributed by atoms with van der Waals surface area (Å²) in [4.78, 5) is 4.45. The van der Waals surface area contributed by atoms with E-state index in [1.54, 1.807) is 0 Å². The van der Waals surface area contributed by atoms with E-state index in [4.69, 9.17) is 0 Å². The third-order valence-electron chi connectivity index (χ3n) is 3.94. The molecule has 21 heavy (non-hydrogen) atoms. The van der Waals surface area contributed by atoms with E-state index in [9.17, 15) is 8.78 Å². The van der Waals surface area contributed by atoms with Gasteiger partial charge in [0.2, 0.25) is 5.95 Å². The monoisotopic (exact) mass is 291 g/mol. The maximum Gasteiger partial charge on any atom is 0.207 e. The second kappa shape index (κ2) is 5.84. The van der Waals surface area contributed by atoms with Gasteiger partial charge in [0.15, 0.2) is 0 Å². The summed E-state index contributed by atoms with van der Waals surface area (Å²) in [5.41, 5.74) is 1.29. The third kappa shape index (κ3) is 3.23. The van der Waals surface area contributed by atoms with Gasteiger partial charge >= 0.3 is 0 Å². The summed E-state index contributed by atoms with van der Waals surface area (Å²) in [6, 6.07) is 3.83. The first-order valence-electron chi connectivity index (χ1n) is 7.40. The van der Waals surface area contributed by atoms with Gasteiger partial charge < -0.3 is 9.88 Å². The summed E-state index contributed by atoms with van der Waals surface area (Å²) in [5.74, 6) is -0.528. The Labute approximate surface area is 123 Å². The zero-order valence-electron chi connectivity index (χ0n) is 12.1. The Kier molecular flexibility index (Phi) is 3.90. The Balaban J connectivity index is 1.87. The molecule has 1 saturated carbocycles. The van der Waals surface area contributed by atoms with Crippen LogP contribution in [0.2, 0.25) is 0 Å². The molecule has 0 aliphatic heterocycles. The number of nitrogens with zero attached hydrogens (tertiary/aromatic N) is 2. The summed E-state index contributed by atoms with van der Waals surface area (Å²) in [6.45, 7) is 1.93. The number of rotatable bonds is 3. The molecular weight excluding hydrogens is 272 g/mol. The summed E-state index contributed by atoms with van der Waals surface area (Å²) in [7, 11) is 0. The quantitative estimate of drug-likeness (QED) is 0.887. The third-order valence-corrected chi connectivity index (χ3v) is 3.94. The molecule has 3 rings (SSSR count). The lowest BCUT2D eigenvalue weighted by molar-refractivity contribution is 0.356. The van der Waals surface area contributed by atoms with Crippen molar-refractivity contribution in [2.75, 3.05) is 5.32 Å². The predicted molar refractivity (Wildman–Crippen MR) is 78.7 cm³/mol. The fourth-order valence-electron chi connectivity index (χ4n) is 3.00. The summed E-state index contributed by atoms with van der Waals surface area (Å²) >= 11 is 0. The molecule has 0 spiro atoms. The number of imidazole rings is 1. The molecule has 0 atom stereocenters. The molecule has 1 aromatic carbocycles. The average molecular weight is 291 g/mol. The van der Waals surface area contributed by atoms with Crippen LogP contribution in [-0.4, -0.2) is 9.55 Å². The van der Waals surface area contributed by atoms with E-state index >= 15 is 0 Å². The minimum absolute atomic E-state index is 0.384. The molecule has 0 amide bonds. The topological polar surface area (TPSA) is 29.9 Å². The fourth-order valence-corrected chi connectivity index (χ4v) is 3.00. The van der Waals surface area contributed by atoms with Crippen LogP contribution < -0.4 is 5.32 Å². The van der Waals surface area contributed by atoms with Gasteiger partial charge in [-0.1, -0.05) is 19.3 Å². The summed E-state index contributed by atoms with van der Waals surface area (Å²) in [6.07, 6.45) is 7.98. The van der Waals surface area contributed by atoms with Crippen LogP contribution in [0.3, 0.4) is 0 Å². The number of aromatic nitrogens is 2. The van der Waals surface area contributed by atoms with Gasteiger partial charge in [-0.2, -0.15) is 0 Å². The van der Waals surface area contributed by atoms with E-state index in [0.717, 1.165) is 24.6 Å². The van der Waals surface area contributed by atoms with Crippen LogP contribution in [0.15, 0.2) is 24.4 Å². The van der Waals surface area contributed by atoms with Crippen LogP contribution in [0.5, 0.6) is 0 Å². The number of benzene rings is 1. The lowest BCUT2D eigenvalue weighted by Crippen LogP contribution is -2.14. The van der Waals surface area contributed by atoms with Crippen molar-refractivity contribution in [1.82, 2.24) is 9.55 Å². The van der Waals surface area contributed by atoms with E-state index in [-0.39, 0.29) is 0 Å². The number of hydrogen-bond donors (Lipinski definition) is 1. The first-order chi connectivity index (χ1) is 10.1. The molecule has 1 aliphatic rings. The molecule has 1 aromatic heterocycles. The SMILES string of the molecule is Cc1cn(C2CCCCC2)c(Nc2cc(F)cc(F)c2)n1. The molecule has 1 heterocycles.